The molecule has 3 aromatic heterocycles. The van der Waals surface area contributed by atoms with Gasteiger partial charge in [0.2, 0.25) is 0 Å². The van der Waals surface area contributed by atoms with Crippen molar-refractivity contribution in [3.05, 3.63) is 59.8 Å². The topological polar surface area (TPSA) is 93.6 Å². The molecule has 4 aromatic rings. The van der Waals surface area contributed by atoms with Crippen LogP contribution in [0.15, 0.2) is 47.8 Å². The smallest absolute Gasteiger partial charge is 0.303 e. The highest BCUT2D eigenvalue weighted by Crippen LogP contribution is 2.37. The molecule has 1 atom stereocenters. The Labute approximate surface area is 217 Å². The van der Waals surface area contributed by atoms with Gasteiger partial charge in [-0.05, 0) is 49.6 Å². The first-order valence-electron chi connectivity index (χ1n) is 11.8. The number of pyridine rings is 1. The molecule has 200 valence electrons. The van der Waals surface area contributed by atoms with Gasteiger partial charge in [0.15, 0.2) is 9.84 Å². The number of unbranched alkanes of at least 4 members (excludes halogenated alkanes) is 1. The summed E-state index contributed by atoms with van der Waals surface area (Å²) in [5, 5.41) is 14.6. The lowest BCUT2D eigenvalue weighted by atomic mass is 10.0. The van der Waals surface area contributed by atoms with E-state index in [2.05, 4.69) is 16.2 Å². The van der Waals surface area contributed by atoms with Crippen LogP contribution in [0.25, 0.3) is 28.0 Å². The zero-order valence-corrected chi connectivity index (χ0v) is 21.7. The van der Waals surface area contributed by atoms with Gasteiger partial charge in [-0.2, -0.15) is 23.5 Å². The summed E-state index contributed by atoms with van der Waals surface area (Å²) in [7, 11) is -2.05. The van der Waals surface area contributed by atoms with Crippen LogP contribution >= 0.6 is 0 Å². The number of aromatic nitrogens is 4. The summed E-state index contributed by atoms with van der Waals surface area (Å²) in [4.78, 5) is 4.25. The van der Waals surface area contributed by atoms with Gasteiger partial charge in [0, 0.05) is 24.8 Å². The van der Waals surface area contributed by atoms with Gasteiger partial charge in [0.25, 0.3) is 0 Å². The molecule has 0 aliphatic rings. The van der Waals surface area contributed by atoms with Crippen molar-refractivity contribution in [3.8, 4) is 23.1 Å². The number of halogens is 4. The molecule has 1 unspecified atom stereocenters. The summed E-state index contributed by atoms with van der Waals surface area (Å²) in [6, 6.07) is 7.86. The second-order valence-electron chi connectivity index (χ2n) is 9.30. The number of rotatable bonds is 8. The van der Waals surface area contributed by atoms with E-state index in [1.54, 1.807) is 41.7 Å². The van der Waals surface area contributed by atoms with Crippen molar-refractivity contribution >= 4 is 20.7 Å². The Bertz CT molecular complexity index is 1630. The number of alkyl halides is 3. The molecular weight excluding hydrogens is 522 g/mol. The van der Waals surface area contributed by atoms with Gasteiger partial charge in [0.1, 0.15) is 11.9 Å². The second kappa shape index (κ2) is 10.2. The molecule has 0 spiro atoms. The van der Waals surface area contributed by atoms with Crippen molar-refractivity contribution in [1.82, 2.24) is 19.3 Å². The average molecular weight is 548 g/mol. The number of nitrogens with zero attached hydrogens (tertiary/aromatic N) is 5. The summed E-state index contributed by atoms with van der Waals surface area (Å²) in [5.41, 5.74) is 2.37. The normalized spacial score (nSPS) is 13.1. The molecule has 4 rings (SSSR count). The number of fused-ring (bicyclic) bond motifs is 1. The number of benzene rings is 1. The van der Waals surface area contributed by atoms with Crippen LogP contribution < -0.4 is 0 Å². The molecule has 38 heavy (non-hydrogen) atoms. The predicted molar refractivity (Wildman–Crippen MR) is 134 cm³/mol. The fourth-order valence-electron chi connectivity index (χ4n) is 4.29. The highest BCUT2D eigenvalue weighted by atomic mass is 32.2. The van der Waals surface area contributed by atoms with Crippen LogP contribution in [0.3, 0.4) is 0 Å². The monoisotopic (exact) mass is 547 g/mol. The minimum Gasteiger partial charge on any atom is -0.303 e. The predicted octanol–water partition coefficient (Wildman–Crippen LogP) is 5.89. The van der Waals surface area contributed by atoms with E-state index >= 15 is 0 Å². The Morgan fingerprint density at radius 1 is 1.16 bits per heavy atom. The lowest BCUT2D eigenvalue weighted by molar-refractivity contribution is -0.171. The van der Waals surface area contributed by atoms with E-state index in [4.69, 9.17) is 0 Å². The Hall–Kier alpha value is -3.72. The van der Waals surface area contributed by atoms with Crippen molar-refractivity contribution in [2.75, 3.05) is 5.75 Å². The molecule has 0 amide bonds. The van der Waals surface area contributed by atoms with Gasteiger partial charge in [0.05, 0.1) is 50.9 Å². The molecule has 12 heteroatoms. The molecular formula is C26H25F4N5O2S. The lowest BCUT2D eigenvalue weighted by Crippen LogP contribution is -2.19. The third kappa shape index (κ3) is 5.29. The fourth-order valence-corrected chi connectivity index (χ4v) is 5.60. The highest BCUT2D eigenvalue weighted by molar-refractivity contribution is 7.91. The fraction of sp³-hybridized carbons (Fsp3) is 0.346. The Morgan fingerprint density at radius 2 is 1.89 bits per heavy atom. The summed E-state index contributed by atoms with van der Waals surface area (Å²) < 4.78 is 81.4. The number of sulfone groups is 1. The third-order valence-corrected chi connectivity index (χ3v) is 8.29. The zero-order valence-electron chi connectivity index (χ0n) is 20.9. The highest BCUT2D eigenvalue weighted by Gasteiger charge is 2.35. The van der Waals surface area contributed by atoms with Crippen molar-refractivity contribution in [1.29, 1.82) is 5.26 Å². The van der Waals surface area contributed by atoms with Gasteiger partial charge in [-0.1, -0.05) is 13.3 Å². The van der Waals surface area contributed by atoms with E-state index in [-0.39, 0.29) is 41.2 Å². The molecule has 0 fully saturated rings. The SMILES string of the molecule is Cc1cc2c(cc1F)c(C#N)c(-c1ccc(S(=O)(=O)CCCCC(C)C(F)(F)F)cn1)n2-c1cnn(C)c1. The maximum atomic E-state index is 14.5. The molecule has 0 N–H and O–H groups in total. The molecule has 0 aliphatic heterocycles. The van der Waals surface area contributed by atoms with E-state index in [0.29, 0.717) is 27.8 Å². The van der Waals surface area contributed by atoms with Crippen LogP contribution in [0.2, 0.25) is 0 Å². The zero-order chi connectivity index (χ0) is 27.8. The largest absolute Gasteiger partial charge is 0.391 e. The number of nitriles is 1. The molecule has 0 radical (unpaired) electrons. The standard InChI is InChI=1S/C26H25F4N5O2S/c1-16-10-24-20(11-22(16)27)21(12-31)25(35(24)18-13-33-34(3)15-18)23-8-7-19(14-32-23)38(36,37)9-5-4-6-17(2)26(28,29)30/h7-8,10-11,13-15,17H,4-6,9H2,1-3H3. The summed E-state index contributed by atoms with van der Waals surface area (Å²) in [6.45, 7) is 2.69. The quantitative estimate of drug-likeness (QED) is 0.203. The Kier molecular flexibility index (Phi) is 7.34. The van der Waals surface area contributed by atoms with Crippen molar-refractivity contribution < 1.29 is 26.0 Å². The molecule has 0 aliphatic carbocycles. The van der Waals surface area contributed by atoms with E-state index in [1.165, 1.54) is 24.4 Å². The first-order valence-corrected chi connectivity index (χ1v) is 13.5. The van der Waals surface area contributed by atoms with Crippen LogP contribution in [0.5, 0.6) is 0 Å². The third-order valence-electron chi connectivity index (χ3n) is 6.51. The van der Waals surface area contributed by atoms with Crippen LogP contribution in [-0.4, -0.2) is 39.7 Å². The second-order valence-corrected chi connectivity index (χ2v) is 11.4. The maximum Gasteiger partial charge on any atom is 0.391 e. The van der Waals surface area contributed by atoms with E-state index in [9.17, 15) is 31.2 Å². The van der Waals surface area contributed by atoms with Crippen LogP contribution in [0.4, 0.5) is 17.6 Å². The molecule has 3 heterocycles. The van der Waals surface area contributed by atoms with Crippen molar-refractivity contribution in [2.45, 2.75) is 44.2 Å². The molecule has 0 saturated carbocycles. The number of aryl methyl sites for hydroxylation is 2. The molecule has 0 bridgehead atoms. The summed E-state index contributed by atoms with van der Waals surface area (Å²) >= 11 is 0. The van der Waals surface area contributed by atoms with E-state index in [0.717, 1.165) is 6.92 Å². The summed E-state index contributed by atoms with van der Waals surface area (Å²) in [6.07, 6.45) is 0.237. The van der Waals surface area contributed by atoms with E-state index < -0.39 is 27.7 Å². The minimum absolute atomic E-state index is 0.0745. The molecule has 0 saturated heterocycles. The maximum absolute atomic E-state index is 14.5. The van der Waals surface area contributed by atoms with Crippen LogP contribution in [0, 0.1) is 30.0 Å². The van der Waals surface area contributed by atoms with Gasteiger partial charge in [-0.15, -0.1) is 0 Å². The summed E-state index contributed by atoms with van der Waals surface area (Å²) in [5.74, 6) is -2.27. The number of hydrogen-bond donors (Lipinski definition) is 0. The Balaban J connectivity index is 1.69. The van der Waals surface area contributed by atoms with Crippen molar-refractivity contribution in [3.63, 3.8) is 0 Å². The van der Waals surface area contributed by atoms with Crippen LogP contribution in [-0.2, 0) is 16.9 Å². The van der Waals surface area contributed by atoms with Gasteiger partial charge in [-0.25, -0.2) is 12.8 Å². The first-order chi connectivity index (χ1) is 17.8. The lowest BCUT2D eigenvalue weighted by Gasteiger charge is -2.15. The minimum atomic E-state index is -4.30. The Morgan fingerprint density at radius 3 is 2.47 bits per heavy atom. The van der Waals surface area contributed by atoms with E-state index in [1.807, 2.05) is 0 Å². The average Bonchev–Trinajstić information content (AvgIpc) is 3.41. The van der Waals surface area contributed by atoms with Crippen molar-refractivity contribution in [2.24, 2.45) is 13.0 Å². The number of hydrogen-bond acceptors (Lipinski definition) is 5. The molecule has 7 nitrogen and oxygen atoms in total. The first kappa shape index (κ1) is 27.3. The van der Waals surface area contributed by atoms with Crippen LogP contribution in [0.1, 0.15) is 37.3 Å². The van der Waals surface area contributed by atoms with Gasteiger partial charge in [-0.3, -0.25) is 9.67 Å². The molecule has 1 aromatic carbocycles. The van der Waals surface area contributed by atoms with Gasteiger partial charge >= 0.3 is 6.18 Å². The van der Waals surface area contributed by atoms with Gasteiger partial charge < -0.3 is 4.57 Å².